The van der Waals surface area contributed by atoms with Crippen LogP contribution in [0.3, 0.4) is 0 Å². The maximum absolute atomic E-state index is 12.5. The summed E-state index contributed by atoms with van der Waals surface area (Å²) < 4.78 is 10.5. The predicted molar refractivity (Wildman–Crippen MR) is 100 cm³/mol. The molecule has 1 N–H and O–H groups in total. The van der Waals surface area contributed by atoms with E-state index in [1.165, 1.54) is 5.56 Å². The van der Waals surface area contributed by atoms with E-state index in [1.807, 2.05) is 23.6 Å². The van der Waals surface area contributed by atoms with Crippen molar-refractivity contribution in [3.63, 3.8) is 0 Å². The van der Waals surface area contributed by atoms with E-state index in [0.29, 0.717) is 23.6 Å². The second-order valence-electron chi connectivity index (χ2n) is 5.42. The second kappa shape index (κ2) is 7.85. The van der Waals surface area contributed by atoms with Crippen LogP contribution in [0.25, 0.3) is 11.1 Å². The van der Waals surface area contributed by atoms with Gasteiger partial charge in [-0.25, -0.2) is 0 Å². The van der Waals surface area contributed by atoms with Gasteiger partial charge in [-0.2, -0.15) is 11.3 Å². The van der Waals surface area contributed by atoms with Crippen molar-refractivity contribution in [2.24, 2.45) is 0 Å². The highest BCUT2D eigenvalue weighted by atomic mass is 32.1. The van der Waals surface area contributed by atoms with Crippen LogP contribution < -0.4 is 14.8 Å². The standard InChI is InChI=1S/C20H19NO3S/c1-23-18-8-7-14(11-19(18)24-2)20(22)21-12-15-5-3-4-6-17(15)16-9-10-25-13-16/h3-11,13H,12H2,1-2H3,(H,21,22). The summed E-state index contributed by atoms with van der Waals surface area (Å²) in [6.07, 6.45) is 0. The molecule has 1 aromatic heterocycles. The summed E-state index contributed by atoms with van der Waals surface area (Å²) in [5.74, 6) is 0.983. The first-order valence-electron chi connectivity index (χ1n) is 7.83. The number of carbonyl (C=O) groups is 1. The molecule has 0 unspecified atom stereocenters. The molecule has 3 rings (SSSR count). The van der Waals surface area contributed by atoms with Crippen molar-refractivity contribution in [1.82, 2.24) is 5.32 Å². The Morgan fingerprint density at radius 2 is 1.84 bits per heavy atom. The fraction of sp³-hybridized carbons (Fsp3) is 0.150. The van der Waals surface area contributed by atoms with Crippen LogP contribution in [0.5, 0.6) is 11.5 Å². The van der Waals surface area contributed by atoms with Crippen LogP contribution in [0.1, 0.15) is 15.9 Å². The first kappa shape index (κ1) is 17.0. The number of rotatable bonds is 6. The van der Waals surface area contributed by atoms with Crippen molar-refractivity contribution in [3.05, 3.63) is 70.4 Å². The molecule has 1 amide bonds. The molecule has 0 bridgehead atoms. The topological polar surface area (TPSA) is 47.6 Å². The van der Waals surface area contributed by atoms with Crippen molar-refractivity contribution in [2.75, 3.05) is 14.2 Å². The molecule has 4 nitrogen and oxygen atoms in total. The maximum Gasteiger partial charge on any atom is 0.251 e. The highest BCUT2D eigenvalue weighted by Crippen LogP contribution is 2.28. The van der Waals surface area contributed by atoms with Crippen molar-refractivity contribution in [1.29, 1.82) is 0 Å². The Labute approximate surface area is 151 Å². The zero-order valence-corrected chi connectivity index (χ0v) is 14.9. The third kappa shape index (κ3) is 3.83. The van der Waals surface area contributed by atoms with E-state index in [1.54, 1.807) is 43.8 Å². The molecule has 25 heavy (non-hydrogen) atoms. The second-order valence-corrected chi connectivity index (χ2v) is 6.20. The summed E-state index contributed by atoms with van der Waals surface area (Å²) in [5, 5.41) is 7.13. The van der Waals surface area contributed by atoms with Crippen molar-refractivity contribution in [3.8, 4) is 22.6 Å². The van der Waals surface area contributed by atoms with Crippen LogP contribution in [0, 0.1) is 0 Å². The minimum Gasteiger partial charge on any atom is -0.493 e. The molecule has 1 heterocycles. The Kier molecular flexibility index (Phi) is 5.36. The summed E-state index contributed by atoms with van der Waals surface area (Å²) >= 11 is 1.66. The number of amides is 1. The van der Waals surface area contributed by atoms with Crippen LogP contribution >= 0.6 is 11.3 Å². The molecule has 0 atom stereocenters. The lowest BCUT2D eigenvalue weighted by Crippen LogP contribution is -2.23. The van der Waals surface area contributed by atoms with Crippen LogP contribution in [-0.4, -0.2) is 20.1 Å². The molecule has 128 valence electrons. The highest BCUT2D eigenvalue weighted by Gasteiger charge is 2.12. The average Bonchev–Trinajstić information content (AvgIpc) is 3.20. The van der Waals surface area contributed by atoms with E-state index >= 15 is 0 Å². The summed E-state index contributed by atoms with van der Waals surface area (Å²) in [5.41, 5.74) is 3.91. The zero-order valence-electron chi connectivity index (χ0n) is 14.1. The lowest BCUT2D eigenvalue weighted by Gasteiger charge is -2.12. The molecule has 3 aromatic rings. The molecular weight excluding hydrogens is 334 g/mol. The van der Waals surface area contributed by atoms with Crippen molar-refractivity contribution >= 4 is 17.2 Å². The molecule has 2 aromatic carbocycles. The summed E-state index contributed by atoms with van der Waals surface area (Å²) in [6, 6.07) is 15.3. The van der Waals surface area contributed by atoms with Crippen molar-refractivity contribution < 1.29 is 14.3 Å². The number of thiophene rings is 1. The molecule has 0 aliphatic heterocycles. The molecule has 0 fully saturated rings. The monoisotopic (exact) mass is 353 g/mol. The van der Waals surface area contributed by atoms with E-state index in [0.717, 1.165) is 11.1 Å². The smallest absolute Gasteiger partial charge is 0.251 e. The third-order valence-corrected chi connectivity index (χ3v) is 4.62. The molecule has 0 saturated heterocycles. The Balaban J connectivity index is 1.75. The van der Waals surface area contributed by atoms with Gasteiger partial charge in [0.15, 0.2) is 11.5 Å². The quantitative estimate of drug-likeness (QED) is 0.716. The Morgan fingerprint density at radius 1 is 1.04 bits per heavy atom. The van der Waals surface area contributed by atoms with Gasteiger partial charge in [0.1, 0.15) is 0 Å². The van der Waals surface area contributed by atoms with Gasteiger partial charge in [-0.3, -0.25) is 4.79 Å². The summed E-state index contributed by atoms with van der Waals surface area (Å²) in [4.78, 5) is 12.5. The van der Waals surface area contributed by atoms with E-state index in [9.17, 15) is 4.79 Å². The zero-order chi connectivity index (χ0) is 17.6. The lowest BCUT2D eigenvalue weighted by atomic mass is 10.0. The van der Waals surface area contributed by atoms with Gasteiger partial charge in [0.25, 0.3) is 5.91 Å². The number of methoxy groups -OCH3 is 2. The maximum atomic E-state index is 12.5. The van der Waals surface area contributed by atoms with Gasteiger partial charge in [0.2, 0.25) is 0 Å². The van der Waals surface area contributed by atoms with Crippen LogP contribution in [0.2, 0.25) is 0 Å². The molecule has 0 saturated carbocycles. The van der Waals surface area contributed by atoms with Crippen LogP contribution in [-0.2, 0) is 6.54 Å². The number of carbonyl (C=O) groups excluding carboxylic acids is 1. The molecular formula is C20H19NO3S. The van der Waals surface area contributed by atoms with E-state index in [4.69, 9.17) is 9.47 Å². The van der Waals surface area contributed by atoms with E-state index < -0.39 is 0 Å². The molecule has 0 spiro atoms. The first-order valence-corrected chi connectivity index (χ1v) is 8.78. The van der Waals surface area contributed by atoms with Crippen LogP contribution in [0.4, 0.5) is 0 Å². The summed E-state index contributed by atoms with van der Waals surface area (Å²) in [6.45, 7) is 0.458. The average molecular weight is 353 g/mol. The highest BCUT2D eigenvalue weighted by molar-refractivity contribution is 7.08. The Bertz CT molecular complexity index is 859. The van der Waals surface area contributed by atoms with Gasteiger partial charge in [0, 0.05) is 12.1 Å². The minimum absolute atomic E-state index is 0.152. The molecule has 5 heteroatoms. The Hall–Kier alpha value is -2.79. The lowest BCUT2D eigenvalue weighted by molar-refractivity contribution is 0.0950. The SMILES string of the molecule is COc1ccc(C(=O)NCc2ccccc2-c2ccsc2)cc1OC. The van der Waals surface area contributed by atoms with Gasteiger partial charge in [-0.15, -0.1) is 0 Å². The van der Waals surface area contributed by atoms with Gasteiger partial charge >= 0.3 is 0 Å². The third-order valence-electron chi connectivity index (χ3n) is 3.93. The number of nitrogens with one attached hydrogen (secondary N) is 1. The Morgan fingerprint density at radius 3 is 2.56 bits per heavy atom. The number of hydrogen-bond donors (Lipinski definition) is 1. The number of ether oxygens (including phenoxy) is 2. The molecule has 0 aliphatic carbocycles. The molecule has 0 radical (unpaired) electrons. The van der Waals surface area contributed by atoms with Gasteiger partial charge < -0.3 is 14.8 Å². The fourth-order valence-corrected chi connectivity index (χ4v) is 3.28. The molecule has 0 aliphatic rings. The summed E-state index contributed by atoms with van der Waals surface area (Å²) in [7, 11) is 3.12. The van der Waals surface area contributed by atoms with Gasteiger partial charge in [0.05, 0.1) is 14.2 Å². The number of hydrogen-bond acceptors (Lipinski definition) is 4. The van der Waals surface area contributed by atoms with Crippen LogP contribution in [0.15, 0.2) is 59.3 Å². The van der Waals surface area contributed by atoms with E-state index in [2.05, 4.69) is 22.8 Å². The van der Waals surface area contributed by atoms with E-state index in [-0.39, 0.29) is 5.91 Å². The van der Waals surface area contributed by atoms with Gasteiger partial charge in [-0.1, -0.05) is 24.3 Å². The normalized spacial score (nSPS) is 10.3. The van der Waals surface area contributed by atoms with Crippen molar-refractivity contribution in [2.45, 2.75) is 6.54 Å². The first-order chi connectivity index (χ1) is 12.2. The van der Waals surface area contributed by atoms with Gasteiger partial charge in [-0.05, 0) is 51.7 Å². The minimum atomic E-state index is -0.152. The number of benzene rings is 2. The predicted octanol–water partition coefficient (Wildman–Crippen LogP) is 4.36. The fourth-order valence-electron chi connectivity index (χ4n) is 2.63. The largest absolute Gasteiger partial charge is 0.493 e.